The SMILES string of the molecule is COC1(C)CCCN(c2ncnc(N)c2[N+](=O)[O-])C1. The lowest BCUT2D eigenvalue weighted by molar-refractivity contribution is -0.383. The largest absolute Gasteiger partial charge is 0.378 e. The Labute approximate surface area is 110 Å². The summed E-state index contributed by atoms with van der Waals surface area (Å²) in [6.07, 6.45) is 3.04. The van der Waals surface area contributed by atoms with Crippen LogP contribution in [0.5, 0.6) is 0 Å². The van der Waals surface area contributed by atoms with E-state index in [4.69, 9.17) is 10.5 Å². The number of aromatic nitrogens is 2. The van der Waals surface area contributed by atoms with Crippen LogP contribution in [0.25, 0.3) is 0 Å². The summed E-state index contributed by atoms with van der Waals surface area (Å²) < 4.78 is 5.47. The van der Waals surface area contributed by atoms with Crippen LogP contribution < -0.4 is 10.6 Å². The number of nitrogen functional groups attached to an aromatic ring is 1. The molecule has 1 aliphatic rings. The number of nitro groups is 1. The molecule has 0 aromatic carbocycles. The molecule has 0 spiro atoms. The third kappa shape index (κ3) is 2.58. The predicted octanol–water partition coefficient (Wildman–Crippen LogP) is 0.972. The van der Waals surface area contributed by atoms with Crippen molar-refractivity contribution in [2.45, 2.75) is 25.4 Å². The van der Waals surface area contributed by atoms with Gasteiger partial charge in [0, 0.05) is 20.2 Å². The van der Waals surface area contributed by atoms with E-state index in [0.717, 1.165) is 12.8 Å². The molecule has 0 bridgehead atoms. The zero-order valence-corrected chi connectivity index (χ0v) is 11.0. The van der Waals surface area contributed by atoms with Crippen LogP contribution in [0, 0.1) is 10.1 Å². The third-order valence-electron chi connectivity index (χ3n) is 3.47. The summed E-state index contributed by atoms with van der Waals surface area (Å²) in [5.41, 5.74) is 5.02. The first-order valence-electron chi connectivity index (χ1n) is 6.02. The van der Waals surface area contributed by atoms with Gasteiger partial charge in [0.05, 0.1) is 10.5 Å². The van der Waals surface area contributed by atoms with E-state index >= 15 is 0 Å². The molecule has 1 atom stereocenters. The van der Waals surface area contributed by atoms with Crippen LogP contribution in [-0.4, -0.2) is 40.7 Å². The summed E-state index contributed by atoms with van der Waals surface area (Å²) in [5, 5.41) is 11.1. The van der Waals surface area contributed by atoms with Gasteiger partial charge in [-0.2, -0.15) is 0 Å². The van der Waals surface area contributed by atoms with Crippen LogP contribution in [0.2, 0.25) is 0 Å². The standard InChI is InChI=1S/C11H17N5O3/c1-11(19-2)4-3-5-15(6-11)10-8(16(17)18)9(12)13-7-14-10/h7H,3-6H2,1-2H3,(H2,12,13,14). The molecule has 1 unspecified atom stereocenters. The second kappa shape index (κ2) is 4.96. The van der Waals surface area contributed by atoms with Crippen LogP contribution >= 0.6 is 0 Å². The minimum Gasteiger partial charge on any atom is -0.378 e. The van der Waals surface area contributed by atoms with E-state index in [0.29, 0.717) is 13.1 Å². The number of methoxy groups -OCH3 is 1. The summed E-state index contributed by atoms with van der Waals surface area (Å²) >= 11 is 0. The summed E-state index contributed by atoms with van der Waals surface area (Å²) in [4.78, 5) is 20.1. The minimum atomic E-state index is -0.538. The summed E-state index contributed by atoms with van der Waals surface area (Å²) in [6, 6.07) is 0. The van der Waals surface area contributed by atoms with Gasteiger partial charge >= 0.3 is 5.69 Å². The van der Waals surface area contributed by atoms with Gasteiger partial charge in [-0.3, -0.25) is 10.1 Å². The summed E-state index contributed by atoms with van der Waals surface area (Å²) in [7, 11) is 1.65. The molecule has 1 saturated heterocycles. The number of nitrogens with zero attached hydrogens (tertiary/aromatic N) is 4. The number of piperidine rings is 1. The van der Waals surface area contributed by atoms with E-state index < -0.39 is 4.92 Å². The zero-order chi connectivity index (χ0) is 14.0. The monoisotopic (exact) mass is 267 g/mol. The van der Waals surface area contributed by atoms with E-state index in [-0.39, 0.29) is 22.9 Å². The van der Waals surface area contributed by atoms with Crippen LogP contribution in [0.4, 0.5) is 17.3 Å². The first-order chi connectivity index (χ1) is 8.97. The molecular formula is C11H17N5O3. The number of anilines is 2. The Balaban J connectivity index is 2.37. The van der Waals surface area contributed by atoms with Crippen LogP contribution in [-0.2, 0) is 4.74 Å². The molecule has 19 heavy (non-hydrogen) atoms. The van der Waals surface area contributed by atoms with Crippen molar-refractivity contribution < 1.29 is 9.66 Å². The maximum atomic E-state index is 11.1. The third-order valence-corrected chi connectivity index (χ3v) is 3.47. The molecule has 1 aromatic heterocycles. The first kappa shape index (κ1) is 13.5. The molecule has 104 valence electrons. The van der Waals surface area contributed by atoms with Crippen LogP contribution in [0.1, 0.15) is 19.8 Å². The van der Waals surface area contributed by atoms with Crippen molar-refractivity contribution in [2.24, 2.45) is 0 Å². The van der Waals surface area contributed by atoms with Crippen molar-refractivity contribution in [1.82, 2.24) is 9.97 Å². The first-order valence-corrected chi connectivity index (χ1v) is 6.02. The highest BCUT2D eigenvalue weighted by Crippen LogP contribution is 2.34. The van der Waals surface area contributed by atoms with Gasteiger partial charge in [-0.05, 0) is 19.8 Å². The minimum absolute atomic E-state index is 0.111. The molecule has 2 N–H and O–H groups in total. The van der Waals surface area contributed by atoms with Crippen molar-refractivity contribution in [2.75, 3.05) is 30.8 Å². The van der Waals surface area contributed by atoms with E-state index in [1.54, 1.807) is 7.11 Å². The van der Waals surface area contributed by atoms with Crippen molar-refractivity contribution in [3.63, 3.8) is 0 Å². The Morgan fingerprint density at radius 1 is 1.58 bits per heavy atom. The van der Waals surface area contributed by atoms with Gasteiger partial charge in [0.2, 0.25) is 11.6 Å². The maximum Gasteiger partial charge on any atom is 0.353 e. The van der Waals surface area contributed by atoms with E-state index in [1.807, 2.05) is 11.8 Å². The van der Waals surface area contributed by atoms with Crippen molar-refractivity contribution >= 4 is 17.3 Å². The van der Waals surface area contributed by atoms with Crippen molar-refractivity contribution in [3.05, 3.63) is 16.4 Å². The Morgan fingerprint density at radius 3 is 2.95 bits per heavy atom. The molecule has 0 saturated carbocycles. The Kier molecular flexibility index (Phi) is 3.52. The molecule has 1 aliphatic heterocycles. The Hall–Kier alpha value is -1.96. The lowest BCUT2D eigenvalue weighted by Crippen LogP contribution is -2.48. The normalized spacial score (nSPS) is 23.4. The fourth-order valence-electron chi connectivity index (χ4n) is 2.34. The molecule has 1 fully saturated rings. The Morgan fingerprint density at radius 2 is 2.32 bits per heavy atom. The highest BCUT2D eigenvalue weighted by molar-refractivity contribution is 5.68. The van der Waals surface area contributed by atoms with E-state index in [1.165, 1.54) is 6.33 Å². The second-order valence-corrected chi connectivity index (χ2v) is 4.87. The van der Waals surface area contributed by atoms with Gasteiger partial charge in [0.25, 0.3) is 0 Å². The van der Waals surface area contributed by atoms with Crippen molar-refractivity contribution in [1.29, 1.82) is 0 Å². The number of hydrogen-bond donors (Lipinski definition) is 1. The summed E-state index contributed by atoms with van der Waals surface area (Å²) in [5.74, 6) is 0.153. The van der Waals surface area contributed by atoms with Gasteiger partial charge in [-0.15, -0.1) is 0 Å². The lowest BCUT2D eigenvalue weighted by atomic mass is 9.95. The fraction of sp³-hybridized carbons (Fsp3) is 0.636. The molecule has 2 heterocycles. The summed E-state index contributed by atoms with van der Waals surface area (Å²) in [6.45, 7) is 3.21. The molecular weight excluding hydrogens is 250 g/mol. The smallest absolute Gasteiger partial charge is 0.353 e. The quantitative estimate of drug-likeness (QED) is 0.642. The van der Waals surface area contributed by atoms with Crippen LogP contribution in [0.3, 0.4) is 0 Å². The van der Waals surface area contributed by atoms with Crippen LogP contribution in [0.15, 0.2) is 6.33 Å². The number of nitrogens with two attached hydrogens (primary N) is 1. The molecule has 8 nitrogen and oxygen atoms in total. The van der Waals surface area contributed by atoms with Gasteiger partial charge in [-0.25, -0.2) is 9.97 Å². The van der Waals surface area contributed by atoms with Gasteiger partial charge in [-0.1, -0.05) is 0 Å². The predicted molar refractivity (Wildman–Crippen MR) is 70.0 cm³/mol. The molecule has 0 amide bonds. The zero-order valence-electron chi connectivity index (χ0n) is 11.0. The van der Waals surface area contributed by atoms with E-state index in [9.17, 15) is 10.1 Å². The highest BCUT2D eigenvalue weighted by atomic mass is 16.6. The van der Waals surface area contributed by atoms with Gasteiger partial charge in [0.15, 0.2) is 0 Å². The molecule has 0 aliphatic carbocycles. The molecule has 2 rings (SSSR count). The van der Waals surface area contributed by atoms with Crippen molar-refractivity contribution in [3.8, 4) is 0 Å². The fourth-order valence-corrected chi connectivity index (χ4v) is 2.34. The average molecular weight is 267 g/mol. The van der Waals surface area contributed by atoms with Gasteiger partial charge < -0.3 is 15.4 Å². The Bertz CT molecular complexity index is 495. The molecule has 1 aromatic rings. The molecule has 0 radical (unpaired) electrons. The highest BCUT2D eigenvalue weighted by Gasteiger charge is 2.35. The molecule has 8 heteroatoms. The number of hydrogen-bond acceptors (Lipinski definition) is 7. The average Bonchev–Trinajstić information content (AvgIpc) is 2.38. The topological polar surface area (TPSA) is 107 Å². The maximum absolute atomic E-state index is 11.1. The lowest BCUT2D eigenvalue weighted by Gasteiger charge is -2.39. The van der Waals surface area contributed by atoms with E-state index in [2.05, 4.69) is 9.97 Å². The second-order valence-electron chi connectivity index (χ2n) is 4.87. The number of rotatable bonds is 3. The number of ether oxygens (including phenoxy) is 1. The van der Waals surface area contributed by atoms with Gasteiger partial charge in [0.1, 0.15) is 6.33 Å².